The van der Waals surface area contributed by atoms with Gasteiger partial charge in [-0.15, -0.1) is 0 Å². The van der Waals surface area contributed by atoms with E-state index < -0.39 is 6.10 Å². The summed E-state index contributed by atoms with van der Waals surface area (Å²) in [5.74, 6) is 0.808. The average molecular weight is 280 g/mol. The molecule has 20 heavy (non-hydrogen) atoms. The average Bonchev–Trinajstić information content (AvgIpc) is 2.48. The van der Waals surface area contributed by atoms with Crippen LogP contribution in [0.3, 0.4) is 0 Å². The monoisotopic (exact) mass is 280 g/mol. The van der Waals surface area contributed by atoms with Crippen molar-refractivity contribution >= 4 is 0 Å². The Labute approximate surface area is 120 Å². The van der Waals surface area contributed by atoms with Crippen LogP contribution in [-0.4, -0.2) is 54.4 Å². The summed E-state index contributed by atoms with van der Waals surface area (Å²) in [5, 5.41) is 23.4. The molecule has 0 spiro atoms. The third-order valence-electron chi connectivity index (χ3n) is 3.60. The van der Waals surface area contributed by atoms with Gasteiger partial charge >= 0.3 is 0 Å². The molecule has 0 amide bonds. The second-order valence-electron chi connectivity index (χ2n) is 5.05. The number of rotatable bonds is 6. The summed E-state index contributed by atoms with van der Waals surface area (Å²) in [5.41, 5.74) is 0.547. The van der Waals surface area contributed by atoms with Crippen molar-refractivity contribution in [2.24, 2.45) is 0 Å². The number of aromatic hydroxyl groups is 1. The number of piperazine rings is 1. The predicted molar refractivity (Wildman–Crippen MR) is 78.2 cm³/mol. The van der Waals surface area contributed by atoms with E-state index in [9.17, 15) is 10.2 Å². The maximum absolute atomic E-state index is 10.3. The van der Waals surface area contributed by atoms with Crippen molar-refractivity contribution < 1.29 is 14.9 Å². The van der Waals surface area contributed by atoms with Crippen molar-refractivity contribution in [1.82, 2.24) is 10.2 Å². The topological polar surface area (TPSA) is 65.0 Å². The highest BCUT2D eigenvalue weighted by molar-refractivity contribution is 5.40. The van der Waals surface area contributed by atoms with Crippen LogP contribution in [0, 0.1) is 0 Å². The molecule has 3 N–H and O–H groups in total. The van der Waals surface area contributed by atoms with Gasteiger partial charge in [0.25, 0.3) is 0 Å². The molecule has 112 valence electrons. The van der Waals surface area contributed by atoms with E-state index in [2.05, 4.69) is 10.2 Å². The molecule has 1 aliphatic rings. The Morgan fingerprint density at radius 1 is 1.35 bits per heavy atom. The molecular formula is C15H24N2O3. The lowest BCUT2D eigenvalue weighted by Gasteiger charge is -2.28. The normalized spacial score (nSPS) is 17.9. The molecule has 1 aromatic carbocycles. The molecule has 0 radical (unpaired) electrons. The summed E-state index contributed by atoms with van der Waals surface area (Å²) in [6.45, 7) is 7.34. The van der Waals surface area contributed by atoms with E-state index in [0.717, 1.165) is 32.7 Å². The number of nitrogens with one attached hydrogen (secondary N) is 1. The highest BCUT2D eigenvalue weighted by Gasteiger charge is 2.16. The first-order valence-corrected chi connectivity index (χ1v) is 7.27. The Morgan fingerprint density at radius 2 is 2.10 bits per heavy atom. The van der Waals surface area contributed by atoms with Gasteiger partial charge in [-0.2, -0.15) is 0 Å². The Kier molecular flexibility index (Phi) is 5.64. The van der Waals surface area contributed by atoms with E-state index in [1.807, 2.05) is 6.92 Å². The first kappa shape index (κ1) is 15.1. The maximum atomic E-state index is 10.3. The lowest BCUT2D eigenvalue weighted by atomic mass is 10.0. The number of ether oxygens (including phenoxy) is 1. The highest BCUT2D eigenvalue weighted by atomic mass is 16.5. The van der Waals surface area contributed by atoms with Crippen molar-refractivity contribution in [1.29, 1.82) is 0 Å². The molecule has 1 atom stereocenters. The lowest BCUT2D eigenvalue weighted by molar-refractivity contribution is 0.134. The van der Waals surface area contributed by atoms with Crippen molar-refractivity contribution in [3.8, 4) is 11.5 Å². The van der Waals surface area contributed by atoms with Gasteiger partial charge < -0.3 is 25.2 Å². The van der Waals surface area contributed by atoms with Crippen molar-refractivity contribution in [3.63, 3.8) is 0 Å². The van der Waals surface area contributed by atoms with Crippen LogP contribution >= 0.6 is 0 Å². The SMILES string of the molecule is CCOc1ccc(O)c(C(O)CCN2CCNCC2)c1. The van der Waals surface area contributed by atoms with Crippen LogP contribution in [0.4, 0.5) is 0 Å². The van der Waals surface area contributed by atoms with Crippen LogP contribution in [0.5, 0.6) is 11.5 Å². The summed E-state index contributed by atoms with van der Waals surface area (Å²) < 4.78 is 5.41. The predicted octanol–water partition coefficient (Wildman–Crippen LogP) is 1.12. The fraction of sp³-hybridized carbons (Fsp3) is 0.600. The molecule has 2 rings (SSSR count). The van der Waals surface area contributed by atoms with Gasteiger partial charge in [0.1, 0.15) is 11.5 Å². The zero-order valence-corrected chi connectivity index (χ0v) is 12.0. The highest BCUT2D eigenvalue weighted by Crippen LogP contribution is 2.30. The molecule has 1 heterocycles. The number of aliphatic hydroxyl groups is 1. The van der Waals surface area contributed by atoms with Gasteiger partial charge in [0.2, 0.25) is 0 Å². The van der Waals surface area contributed by atoms with Crippen molar-refractivity contribution in [2.45, 2.75) is 19.4 Å². The lowest BCUT2D eigenvalue weighted by Crippen LogP contribution is -2.44. The van der Waals surface area contributed by atoms with Gasteiger partial charge in [-0.05, 0) is 31.5 Å². The molecule has 5 heteroatoms. The van der Waals surface area contributed by atoms with Gasteiger partial charge in [0, 0.05) is 38.3 Å². The van der Waals surface area contributed by atoms with Crippen LogP contribution in [0.15, 0.2) is 18.2 Å². The zero-order valence-electron chi connectivity index (χ0n) is 12.0. The number of hydrogen-bond donors (Lipinski definition) is 3. The van der Waals surface area contributed by atoms with E-state index in [-0.39, 0.29) is 5.75 Å². The molecule has 0 saturated carbocycles. The van der Waals surface area contributed by atoms with E-state index in [1.54, 1.807) is 18.2 Å². The van der Waals surface area contributed by atoms with E-state index in [0.29, 0.717) is 24.3 Å². The Bertz CT molecular complexity index is 420. The molecular weight excluding hydrogens is 256 g/mol. The smallest absolute Gasteiger partial charge is 0.121 e. The number of hydrogen-bond acceptors (Lipinski definition) is 5. The molecule has 1 aliphatic heterocycles. The first-order chi connectivity index (χ1) is 9.70. The van der Waals surface area contributed by atoms with Crippen LogP contribution < -0.4 is 10.1 Å². The second-order valence-corrected chi connectivity index (χ2v) is 5.05. The van der Waals surface area contributed by atoms with Gasteiger partial charge in [0.15, 0.2) is 0 Å². The summed E-state index contributed by atoms with van der Waals surface area (Å²) in [4.78, 5) is 2.32. The van der Waals surface area contributed by atoms with E-state index >= 15 is 0 Å². The molecule has 1 unspecified atom stereocenters. The number of aliphatic hydroxyl groups excluding tert-OH is 1. The summed E-state index contributed by atoms with van der Waals surface area (Å²) in [6.07, 6.45) is -0.0475. The number of nitrogens with zero attached hydrogens (tertiary/aromatic N) is 1. The molecule has 0 aliphatic carbocycles. The van der Waals surface area contributed by atoms with Crippen molar-refractivity contribution in [3.05, 3.63) is 23.8 Å². The third-order valence-corrected chi connectivity index (χ3v) is 3.60. The molecule has 0 aromatic heterocycles. The summed E-state index contributed by atoms with van der Waals surface area (Å²) in [6, 6.07) is 5.01. The Morgan fingerprint density at radius 3 is 2.80 bits per heavy atom. The fourth-order valence-corrected chi connectivity index (χ4v) is 2.45. The molecule has 1 aromatic rings. The minimum Gasteiger partial charge on any atom is -0.508 e. The van der Waals surface area contributed by atoms with Crippen LogP contribution in [0.1, 0.15) is 25.0 Å². The quantitative estimate of drug-likeness (QED) is 0.729. The minimum absolute atomic E-state index is 0.126. The fourth-order valence-electron chi connectivity index (χ4n) is 2.45. The number of phenolic OH excluding ortho intramolecular Hbond substituents is 1. The Balaban J connectivity index is 1.93. The first-order valence-electron chi connectivity index (χ1n) is 7.27. The van der Waals surface area contributed by atoms with Crippen LogP contribution in [-0.2, 0) is 0 Å². The molecule has 0 bridgehead atoms. The molecule has 1 saturated heterocycles. The minimum atomic E-state index is -0.662. The summed E-state index contributed by atoms with van der Waals surface area (Å²) >= 11 is 0. The third kappa shape index (κ3) is 4.10. The van der Waals surface area contributed by atoms with Crippen LogP contribution in [0.25, 0.3) is 0 Å². The summed E-state index contributed by atoms with van der Waals surface area (Å²) in [7, 11) is 0. The van der Waals surface area contributed by atoms with Gasteiger partial charge in [-0.25, -0.2) is 0 Å². The maximum Gasteiger partial charge on any atom is 0.121 e. The molecule has 1 fully saturated rings. The molecule has 5 nitrogen and oxygen atoms in total. The largest absolute Gasteiger partial charge is 0.508 e. The van der Waals surface area contributed by atoms with Crippen molar-refractivity contribution in [2.75, 3.05) is 39.3 Å². The number of benzene rings is 1. The second kappa shape index (κ2) is 7.47. The van der Waals surface area contributed by atoms with Gasteiger partial charge in [-0.3, -0.25) is 0 Å². The van der Waals surface area contributed by atoms with Gasteiger partial charge in [0.05, 0.1) is 12.7 Å². The van der Waals surface area contributed by atoms with E-state index in [4.69, 9.17) is 4.74 Å². The Hall–Kier alpha value is -1.30. The number of phenols is 1. The standard InChI is InChI=1S/C15H24N2O3/c1-2-20-12-3-4-14(18)13(11-12)15(19)5-8-17-9-6-16-7-10-17/h3-4,11,15-16,18-19H,2,5-10H2,1H3. The van der Waals surface area contributed by atoms with E-state index in [1.165, 1.54) is 0 Å². The van der Waals surface area contributed by atoms with Crippen LogP contribution in [0.2, 0.25) is 0 Å². The van der Waals surface area contributed by atoms with Gasteiger partial charge in [-0.1, -0.05) is 0 Å². The zero-order chi connectivity index (χ0) is 14.4.